The molecule has 0 fully saturated rings. The lowest BCUT2D eigenvalue weighted by Gasteiger charge is -2.14. The molecule has 0 amide bonds. The molecule has 3 aromatic carbocycles. The van der Waals surface area contributed by atoms with Crippen molar-refractivity contribution in [1.82, 2.24) is 0 Å². The average molecular weight is 349 g/mol. The Balaban J connectivity index is 1.82. The third-order valence-electron chi connectivity index (χ3n) is 3.93. The largest absolute Gasteiger partial charge is 0.493 e. The molecule has 0 saturated heterocycles. The number of carboxylic acid groups (broad SMARTS) is 1. The van der Waals surface area contributed by atoms with Gasteiger partial charge in [-0.25, -0.2) is 4.79 Å². The van der Waals surface area contributed by atoms with Crippen LogP contribution in [0.5, 0.6) is 11.5 Å². The Morgan fingerprint density at radius 2 is 1.81 bits per heavy atom. The molecule has 3 aromatic rings. The Kier molecular flexibility index (Phi) is 5.17. The van der Waals surface area contributed by atoms with Crippen molar-refractivity contribution in [2.45, 2.75) is 13.0 Å². The molecule has 3 rings (SSSR count). The van der Waals surface area contributed by atoms with E-state index in [-0.39, 0.29) is 0 Å². The summed E-state index contributed by atoms with van der Waals surface area (Å²) >= 11 is 0. The van der Waals surface area contributed by atoms with E-state index in [9.17, 15) is 4.79 Å². The van der Waals surface area contributed by atoms with E-state index in [0.29, 0.717) is 11.5 Å². The molecule has 0 aromatic heterocycles. The van der Waals surface area contributed by atoms with Gasteiger partial charge in [-0.3, -0.25) is 4.99 Å². The van der Waals surface area contributed by atoms with Gasteiger partial charge in [-0.05, 0) is 53.6 Å². The molecular formula is C21H19NO4. The summed E-state index contributed by atoms with van der Waals surface area (Å²) in [6.45, 7) is 1.47. The van der Waals surface area contributed by atoms with E-state index in [0.717, 1.165) is 16.6 Å². The standard InChI is InChI=1S/C21H19NO4/c1-14(21(23)24)26-19-10-7-15(11-20(19)25-2)13-22-18-9-8-16-5-3-4-6-17(16)12-18/h3-14H,1-2H3,(H,23,24)/t14-/m1/s1. The van der Waals surface area contributed by atoms with Gasteiger partial charge in [0.25, 0.3) is 0 Å². The van der Waals surface area contributed by atoms with Crippen LogP contribution in [0.1, 0.15) is 12.5 Å². The Morgan fingerprint density at radius 3 is 2.54 bits per heavy atom. The molecule has 5 heteroatoms. The van der Waals surface area contributed by atoms with Crippen LogP contribution in [0, 0.1) is 0 Å². The second-order valence-electron chi connectivity index (χ2n) is 5.80. The van der Waals surface area contributed by atoms with Gasteiger partial charge < -0.3 is 14.6 Å². The number of hydrogen-bond donors (Lipinski definition) is 1. The van der Waals surface area contributed by atoms with Gasteiger partial charge in [0, 0.05) is 6.21 Å². The molecule has 5 nitrogen and oxygen atoms in total. The molecular weight excluding hydrogens is 330 g/mol. The third kappa shape index (κ3) is 4.00. The molecule has 0 radical (unpaired) electrons. The summed E-state index contributed by atoms with van der Waals surface area (Å²) in [5.74, 6) is -0.195. The quantitative estimate of drug-likeness (QED) is 0.668. The molecule has 1 N–H and O–H groups in total. The minimum atomic E-state index is -1.03. The predicted octanol–water partition coefficient (Wildman–Crippen LogP) is 4.45. The monoisotopic (exact) mass is 349 g/mol. The Hall–Kier alpha value is -3.34. The number of aliphatic carboxylic acids is 1. The highest BCUT2D eigenvalue weighted by atomic mass is 16.5. The number of aliphatic imine (C=N–C) groups is 1. The SMILES string of the molecule is COc1cc(C=Nc2ccc3ccccc3c2)ccc1O[C@H](C)C(=O)O. The summed E-state index contributed by atoms with van der Waals surface area (Å²) in [5.41, 5.74) is 1.67. The molecule has 0 bridgehead atoms. The molecule has 0 heterocycles. The number of rotatable bonds is 6. The summed E-state index contributed by atoms with van der Waals surface area (Å²) in [7, 11) is 1.51. The first kappa shape index (κ1) is 17.5. The highest BCUT2D eigenvalue weighted by Crippen LogP contribution is 2.29. The summed E-state index contributed by atoms with van der Waals surface area (Å²) in [6.07, 6.45) is 0.776. The van der Waals surface area contributed by atoms with E-state index < -0.39 is 12.1 Å². The number of carbonyl (C=O) groups is 1. The number of carboxylic acids is 1. The maximum Gasteiger partial charge on any atom is 0.344 e. The minimum absolute atomic E-state index is 0.380. The maximum atomic E-state index is 10.9. The zero-order valence-corrected chi connectivity index (χ0v) is 14.5. The van der Waals surface area contributed by atoms with Gasteiger partial charge >= 0.3 is 5.97 Å². The van der Waals surface area contributed by atoms with Gasteiger partial charge in [0.1, 0.15) is 0 Å². The zero-order chi connectivity index (χ0) is 18.5. The lowest BCUT2D eigenvalue weighted by Crippen LogP contribution is -2.23. The first-order valence-corrected chi connectivity index (χ1v) is 8.17. The van der Waals surface area contributed by atoms with Crippen LogP contribution in [0.4, 0.5) is 5.69 Å². The topological polar surface area (TPSA) is 68.1 Å². The third-order valence-corrected chi connectivity index (χ3v) is 3.93. The van der Waals surface area contributed by atoms with Gasteiger partial charge in [-0.2, -0.15) is 0 Å². The average Bonchev–Trinajstić information content (AvgIpc) is 2.66. The number of methoxy groups -OCH3 is 1. The van der Waals surface area contributed by atoms with E-state index in [4.69, 9.17) is 14.6 Å². The Bertz CT molecular complexity index is 965. The fraction of sp³-hybridized carbons (Fsp3) is 0.143. The van der Waals surface area contributed by atoms with Crippen molar-refractivity contribution in [2.75, 3.05) is 7.11 Å². The molecule has 0 aliphatic carbocycles. The lowest BCUT2D eigenvalue weighted by atomic mass is 10.1. The molecule has 1 atom stereocenters. The van der Waals surface area contributed by atoms with Gasteiger partial charge in [-0.15, -0.1) is 0 Å². The van der Waals surface area contributed by atoms with Gasteiger partial charge in [0.15, 0.2) is 17.6 Å². The molecule has 0 aliphatic heterocycles. The fourth-order valence-electron chi connectivity index (χ4n) is 2.51. The lowest BCUT2D eigenvalue weighted by molar-refractivity contribution is -0.144. The van der Waals surface area contributed by atoms with Crippen LogP contribution in [-0.4, -0.2) is 30.5 Å². The van der Waals surface area contributed by atoms with Crippen LogP contribution in [-0.2, 0) is 4.79 Å². The second-order valence-corrected chi connectivity index (χ2v) is 5.80. The number of fused-ring (bicyclic) bond motifs is 1. The van der Waals surface area contributed by atoms with E-state index in [1.807, 2.05) is 36.4 Å². The first-order valence-electron chi connectivity index (χ1n) is 8.17. The summed E-state index contributed by atoms with van der Waals surface area (Å²) in [6, 6.07) is 19.4. The second kappa shape index (κ2) is 7.70. The van der Waals surface area contributed by atoms with Crippen molar-refractivity contribution < 1.29 is 19.4 Å². The van der Waals surface area contributed by atoms with Gasteiger partial charge in [-0.1, -0.05) is 30.3 Å². The number of benzene rings is 3. The predicted molar refractivity (Wildman–Crippen MR) is 102 cm³/mol. The number of hydrogen-bond acceptors (Lipinski definition) is 4. The molecule has 26 heavy (non-hydrogen) atoms. The van der Waals surface area contributed by atoms with E-state index >= 15 is 0 Å². The normalized spacial score (nSPS) is 12.2. The van der Waals surface area contributed by atoms with Crippen LogP contribution in [0.2, 0.25) is 0 Å². The molecule has 0 saturated carbocycles. The van der Waals surface area contributed by atoms with Gasteiger partial charge in [0.2, 0.25) is 0 Å². The van der Waals surface area contributed by atoms with Gasteiger partial charge in [0.05, 0.1) is 12.8 Å². The number of nitrogens with zero attached hydrogens (tertiary/aromatic N) is 1. The fourth-order valence-corrected chi connectivity index (χ4v) is 2.51. The van der Waals surface area contributed by atoms with Crippen LogP contribution in [0.3, 0.4) is 0 Å². The Labute approximate surface area is 151 Å². The summed E-state index contributed by atoms with van der Waals surface area (Å²) in [4.78, 5) is 15.4. The van der Waals surface area contributed by atoms with Crippen molar-refractivity contribution in [3.8, 4) is 11.5 Å². The van der Waals surface area contributed by atoms with E-state index in [1.165, 1.54) is 19.4 Å². The van der Waals surface area contributed by atoms with Crippen LogP contribution in [0.25, 0.3) is 10.8 Å². The van der Waals surface area contributed by atoms with Crippen LogP contribution in [0.15, 0.2) is 65.7 Å². The zero-order valence-electron chi connectivity index (χ0n) is 14.5. The molecule has 0 aliphatic rings. The minimum Gasteiger partial charge on any atom is -0.493 e. The number of ether oxygens (including phenoxy) is 2. The van der Waals surface area contributed by atoms with Crippen LogP contribution >= 0.6 is 0 Å². The summed E-state index contributed by atoms with van der Waals surface area (Å²) < 4.78 is 10.7. The van der Waals surface area contributed by atoms with Crippen molar-refractivity contribution >= 4 is 28.6 Å². The van der Waals surface area contributed by atoms with Crippen molar-refractivity contribution in [3.05, 3.63) is 66.2 Å². The molecule has 132 valence electrons. The maximum absolute atomic E-state index is 10.9. The highest BCUT2D eigenvalue weighted by molar-refractivity contribution is 5.88. The van der Waals surface area contributed by atoms with Crippen LogP contribution < -0.4 is 9.47 Å². The molecule has 0 spiro atoms. The molecule has 0 unspecified atom stereocenters. The van der Waals surface area contributed by atoms with E-state index in [1.54, 1.807) is 24.4 Å². The van der Waals surface area contributed by atoms with Crippen molar-refractivity contribution in [2.24, 2.45) is 4.99 Å². The van der Waals surface area contributed by atoms with E-state index in [2.05, 4.69) is 11.1 Å². The van der Waals surface area contributed by atoms with Crippen molar-refractivity contribution in [1.29, 1.82) is 0 Å². The highest BCUT2D eigenvalue weighted by Gasteiger charge is 2.15. The van der Waals surface area contributed by atoms with Crippen molar-refractivity contribution in [3.63, 3.8) is 0 Å². The Morgan fingerprint density at radius 1 is 1.04 bits per heavy atom. The smallest absolute Gasteiger partial charge is 0.344 e. The summed E-state index contributed by atoms with van der Waals surface area (Å²) in [5, 5.41) is 11.3. The first-order chi connectivity index (χ1) is 12.6.